The summed E-state index contributed by atoms with van der Waals surface area (Å²) >= 11 is 0. The molecule has 4 atom stereocenters. The normalized spacial score (nSPS) is 24.3. The first-order chi connectivity index (χ1) is 13.4. The van der Waals surface area contributed by atoms with Crippen molar-refractivity contribution in [2.24, 2.45) is 5.92 Å². The lowest BCUT2D eigenvalue weighted by Crippen LogP contribution is -2.33. The van der Waals surface area contributed by atoms with Crippen LogP contribution in [0.5, 0.6) is 5.75 Å². The van der Waals surface area contributed by atoms with E-state index in [1.165, 1.54) is 0 Å². The number of phenols is 1. The molecule has 0 radical (unpaired) electrons. The molecule has 28 heavy (non-hydrogen) atoms. The molecule has 0 aromatic heterocycles. The van der Waals surface area contributed by atoms with Crippen LogP contribution in [0.2, 0.25) is 0 Å². The lowest BCUT2D eigenvalue weighted by atomic mass is 9.77. The Morgan fingerprint density at radius 2 is 2.00 bits per heavy atom. The molecule has 0 saturated carbocycles. The smallest absolute Gasteiger partial charge is 0.240 e. The van der Waals surface area contributed by atoms with Gasteiger partial charge in [0, 0.05) is 23.2 Å². The summed E-state index contributed by atoms with van der Waals surface area (Å²) in [6.07, 6.45) is 5.94. The zero-order valence-corrected chi connectivity index (χ0v) is 16.9. The highest BCUT2D eigenvalue weighted by Crippen LogP contribution is 2.51. The Morgan fingerprint density at radius 1 is 1.21 bits per heavy atom. The van der Waals surface area contributed by atoms with Gasteiger partial charge in [-0.2, -0.15) is 0 Å². The molecule has 0 bridgehead atoms. The van der Waals surface area contributed by atoms with Gasteiger partial charge in [-0.25, -0.2) is 13.1 Å². The Kier molecular flexibility index (Phi) is 4.93. The summed E-state index contributed by atoms with van der Waals surface area (Å²) in [6.45, 7) is 3.82. The average molecular weight is 399 g/mol. The Bertz CT molecular complexity index is 1020. The van der Waals surface area contributed by atoms with Gasteiger partial charge in [-0.15, -0.1) is 0 Å². The van der Waals surface area contributed by atoms with Crippen molar-refractivity contribution in [2.75, 3.05) is 5.32 Å². The van der Waals surface area contributed by atoms with Crippen LogP contribution in [0.4, 0.5) is 5.69 Å². The first kappa shape index (κ1) is 19.0. The van der Waals surface area contributed by atoms with Crippen molar-refractivity contribution in [3.8, 4) is 5.75 Å². The van der Waals surface area contributed by atoms with Crippen LogP contribution in [0, 0.1) is 5.92 Å². The van der Waals surface area contributed by atoms with Crippen molar-refractivity contribution in [3.05, 3.63) is 65.7 Å². The molecule has 6 heteroatoms. The highest BCUT2D eigenvalue weighted by Gasteiger charge is 2.39. The molecule has 1 heterocycles. The summed E-state index contributed by atoms with van der Waals surface area (Å²) in [5, 5.41) is 13.9. The molecule has 3 N–H and O–H groups in total. The molecule has 2 aliphatic rings. The molecule has 0 spiro atoms. The number of sulfonamides is 1. The van der Waals surface area contributed by atoms with Crippen LogP contribution in [0.15, 0.2) is 59.5 Å². The SMILES string of the molecule is CCC(C)NS(=O)(=O)c1ccc2c(c1)C1C=CCC1C(c1ccccc1O)N2. The largest absolute Gasteiger partial charge is 0.508 e. The fourth-order valence-electron chi connectivity index (χ4n) is 4.21. The molecule has 1 aliphatic heterocycles. The van der Waals surface area contributed by atoms with Crippen LogP contribution in [0.25, 0.3) is 0 Å². The number of allylic oxidation sites excluding steroid dienone is 2. The van der Waals surface area contributed by atoms with Gasteiger partial charge in [0.1, 0.15) is 5.75 Å². The highest BCUT2D eigenvalue weighted by atomic mass is 32.2. The van der Waals surface area contributed by atoms with E-state index in [-0.39, 0.29) is 29.7 Å². The molecule has 148 valence electrons. The summed E-state index contributed by atoms with van der Waals surface area (Å²) in [6, 6.07) is 12.6. The molecule has 4 rings (SSSR count). The van der Waals surface area contributed by atoms with Gasteiger partial charge in [0.15, 0.2) is 0 Å². The maximum atomic E-state index is 12.7. The molecule has 2 aromatic rings. The van der Waals surface area contributed by atoms with Crippen LogP contribution in [-0.2, 0) is 10.0 Å². The Labute approximate surface area is 166 Å². The maximum absolute atomic E-state index is 12.7. The summed E-state index contributed by atoms with van der Waals surface area (Å²) in [5.41, 5.74) is 2.79. The van der Waals surface area contributed by atoms with E-state index in [9.17, 15) is 13.5 Å². The second kappa shape index (κ2) is 7.26. The number of hydrogen-bond acceptors (Lipinski definition) is 4. The lowest BCUT2D eigenvalue weighted by Gasteiger charge is -2.38. The van der Waals surface area contributed by atoms with Gasteiger partial charge >= 0.3 is 0 Å². The Hall–Kier alpha value is -2.31. The van der Waals surface area contributed by atoms with Gasteiger partial charge < -0.3 is 10.4 Å². The number of rotatable bonds is 5. The van der Waals surface area contributed by atoms with Crippen LogP contribution < -0.4 is 10.0 Å². The molecular formula is C22H26N2O3S. The summed E-state index contributed by atoms with van der Waals surface area (Å²) in [7, 11) is -3.55. The van der Waals surface area contributed by atoms with E-state index in [4.69, 9.17) is 0 Å². The van der Waals surface area contributed by atoms with Crippen molar-refractivity contribution in [1.29, 1.82) is 0 Å². The molecule has 0 saturated heterocycles. The third kappa shape index (κ3) is 3.31. The number of nitrogens with one attached hydrogen (secondary N) is 2. The van der Waals surface area contributed by atoms with Crippen LogP contribution in [0.3, 0.4) is 0 Å². The number of anilines is 1. The van der Waals surface area contributed by atoms with E-state index < -0.39 is 10.0 Å². The van der Waals surface area contributed by atoms with Crippen molar-refractivity contribution >= 4 is 15.7 Å². The van der Waals surface area contributed by atoms with E-state index >= 15 is 0 Å². The fraction of sp³-hybridized carbons (Fsp3) is 0.364. The zero-order chi connectivity index (χ0) is 19.9. The molecule has 0 fully saturated rings. The number of phenolic OH excluding ortho intramolecular Hbond substituents is 1. The van der Waals surface area contributed by atoms with Gasteiger partial charge in [0.25, 0.3) is 0 Å². The number of fused-ring (bicyclic) bond motifs is 3. The first-order valence-corrected chi connectivity index (χ1v) is 11.3. The van der Waals surface area contributed by atoms with Gasteiger partial charge in [-0.05, 0) is 55.5 Å². The second-order valence-corrected chi connectivity index (χ2v) is 9.43. The average Bonchev–Trinajstić information content (AvgIpc) is 3.17. The third-order valence-corrected chi connectivity index (χ3v) is 7.47. The van der Waals surface area contributed by atoms with E-state index in [1.54, 1.807) is 18.2 Å². The van der Waals surface area contributed by atoms with Gasteiger partial charge in [0.2, 0.25) is 10.0 Å². The van der Waals surface area contributed by atoms with Crippen molar-refractivity contribution in [1.82, 2.24) is 4.72 Å². The van der Waals surface area contributed by atoms with Crippen LogP contribution >= 0.6 is 0 Å². The van der Waals surface area contributed by atoms with Gasteiger partial charge in [-0.1, -0.05) is 37.3 Å². The maximum Gasteiger partial charge on any atom is 0.240 e. The van der Waals surface area contributed by atoms with E-state index in [2.05, 4.69) is 22.2 Å². The fourth-order valence-corrected chi connectivity index (χ4v) is 5.58. The van der Waals surface area contributed by atoms with Crippen LogP contribution in [-0.4, -0.2) is 19.6 Å². The summed E-state index contributed by atoms with van der Waals surface area (Å²) in [5.74, 6) is 0.645. The number of para-hydroxylation sites is 1. The summed E-state index contributed by atoms with van der Waals surface area (Å²) < 4.78 is 28.2. The van der Waals surface area contributed by atoms with E-state index in [0.717, 1.165) is 29.7 Å². The first-order valence-electron chi connectivity index (χ1n) is 9.78. The number of hydrogen-bond donors (Lipinski definition) is 3. The minimum absolute atomic E-state index is 0.0191. The van der Waals surface area contributed by atoms with E-state index in [1.807, 2.05) is 38.1 Å². The van der Waals surface area contributed by atoms with E-state index in [0.29, 0.717) is 4.90 Å². The van der Waals surface area contributed by atoms with Crippen molar-refractivity contribution in [3.63, 3.8) is 0 Å². The monoisotopic (exact) mass is 398 g/mol. The molecule has 1 aliphatic carbocycles. The quantitative estimate of drug-likeness (QED) is 0.657. The number of aromatic hydroxyl groups is 1. The minimum atomic E-state index is -3.55. The molecule has 2 aromatic carbocycles. The van der Waals surface area contributed by atoms with Crippen molar-refractivity contribution < 1.29 is 13.5 Å². The zero-order valence-electron chi connectivity index (χ0n) is 16.1. The Balaban J connectivity index is 1.72. The Morgan fingerprint density at radius 3 is 2.75 bits per heavy atom. The number of benzene rings is 2. The summed E-state index contributed by atoms with van der Waals surface area (Å²) in [4.78, 5) is 0.299. The second-order valence-electron chi connectivity index (χ2n) is 7.71. The van der Waals surface area contributed by atoms with Gasteiger partial charge in [-0.3, -0.25) is 0 Å². The van der Waals surface area contributed by atoms with Crippen molar-refractivity contribution in [2.45, 2.75) is 49.6 Å². The third-order valence-electron chi connectivity index (χ3n) is 5.89. The topological polar surface area (TPSA) is 78.4 Å². The lowest BCUT2D eigenvalue weighted by molar-refractivity contribution is 0.402. The standard InChI is InChI=1S/C22H26N2O3S/c1-3-14(2)24-28(26,27)15-11-12-20-19(13-15)16-8-6-9-17(16)22(23-20)18-7-4-5-10-21(18)25/h4-8,10-14,16-17,22-25H,3,9H2,1-2H3. The minimum Gasteiger partial charge on any atom is -0.508 e. The van der Waals surface area contributed by atoms with Gasteiger partial charge in [0.05, 0.1) is 10.9 Å². The highest BCUT2D eigenvalue weighted by molar-refractivity contribution is 7.89. The predicted molar refractivity (Wildman–Crippen MR) is 111 cm³/mol. The predicted octanol–water partition coefficient (Wildman–Crippen LogP) is 4.30. The molecule has 0 amide bonds. The van der Waals surface area contributed by atoms with Crippen LogP contribution in [0.1, 0.15) is 49.8 Å². The molecular weight excluding hydrogens is 372 g/mol. The molecule has 4 unspecified atom stereocenters. The molecule has 5 nitrogen and oxygen atoms in total.